The molecular formula is C9H21NO2. The molecule has 0 radical (unpaired) electrons. The quantitative estimate of drug-likeness (QED) is 0.591. The molecule has 0 heterocycles. The highest BCUT2D eigenvalue weighted by atomic mass is 16.3. The lowest BCUT2D eigenvalue weighted by Gasteiger charge is -2.27. The molecule has 0 aliphatic rings. The molecule has 0 aromatic heterocycles. The summed E-state index contributed by atoms with van der Waals surface area (Å²) in [5.41, 5.74) is 0. The van der Waals surface area contributed by atoms with E-state index >= 15 is 0 Å². The lowest BCUT2D eigenvalue weighted by atomic mass is 10.1. The van der Waals surface area contributed by atoms with Gasteiger partial charge >= 0.3 is 0 Å². The summed E-state index contributed by atoms with van der Waals surface area (Å²) in [6.07, 6.45) is 1.66. The minimum absolute atomic E-state index is 0.196. The van der Waals surface area contributed by atoms with Gasteiger partial charge in [-0.15, -0.1) is 0 Å². The number of aliphatic hydroxyl groups is 2. The van der Waals surface area contributed by atoms with Gasteiger partial charge in [0.05, 0.1) is 6.61 Å². The standard InChI is InChI=1S/C9H21NO2/c1-3-10(4-2)9(8-12)6-5-7-11/h9,11-12H,3-8H2,1-2H3. The molecule has 0 bridgehead atoms. The van der Waals surface area contributed by atoms with E-state index in [0.717, 1.165) is 25.9 Å². The Morgan fingerprint density at radius 1 is 1.17 bits per heavy atom. The second kappa shape index (κ2) is 7.53. The smallest absolute Gasteiger partial charge is 0.0586 e. The zero-order chi connectivity index (χ0) is 9.40. The van der Waals surface area contributed by atoms with E-state index in [9.17, 15) is 0 Å². The van der Waals surface area contributed by atoms with Gasteiger partial charge in [0.25, 0.3) is 0 Å². The van der Waals surface area contributed by atoms with E-state index < -0.39 is 0 Å². The van der Waals surface area contributed by atoms with Gasteiger partial charge in [0.15, 0.2) is 0 Å². The predicted octanol–water partition coefficient (Wildman–Crippen LogP) is 0.462. The third-order valence-electron chi connectivity index (χ3n) is 2.23. The Hall–Kier alpha value is -0.120. The van der Waals surface area contributed by atoms with Crippen molar-refractivity contribution >= 4 is 0 Å². The molecular weight excluding hydrogens is 154 g/mol. The first-order valence-corrected chi connectivity index (χ1v) is 4.75. The Balaban J connectivity index is 3.75. The van der Waals surface area contributed by atoms with Crippen molar-refractivity contribution < 1.29 is 10.2 Å². The third kappa shape index (κ3) is 4.04. The topological polar surface area (TPSA) is 43.7 Å². The Morgan fingerprint density at radius 3 is 2.08 bits per heavy atom. The van der Waals surface area contributed by atoms with E-state index in [2.05, 4.69) is 18.7 Å². The molecule has 1 atom stereocenters. The van der Waals surface area contributed by atoms with Gasteiger partial charge in [-0.2, -0.15) is 0 Å². The van der Waals surface area contributed by atoms with Crippen LogP contribution in [-0.2, 0) is 0 Å². The van der Waals surface area contributed by atoms with E-state index in [1.807, 2.05) is 0 Å². The average molecular weight is 175 g/mol. The van der Waals surface area contributed by atoms with Crippen LogP contribution in [0.2, 0.25) is 0 Å². The second-order valence-electron chi connectivity index (χ2n) is 2.92. The van der Waals surface area contributed by atoms with Crippen LogP contribution >= 0.6 is 0 Å². The van der Waals surface area contributed by atoms with Gasteiger partial charge in [0.2, 0.25) is 0 Å². The lowest BCUT2D eigenvalue weighted by Crippen LogP contribution is -2.37. The van der Waals surface area contributed by atoms with Gasteiger partial charge in [-0.05, 0) is 25.9 Å². The summed E-state index contributed by atoms with van der Waals surface area (Å²) in [5.74, 6) is 0. The molecule has 0 saturated heterocycles. The van der Waals surface area contributed by atoms with Crippen LogP contribution in [0.1, 0.15) is 26.7 Å². The van der Waals surface area contributed by atoms with Crippen LogP contribution in [-0.4, -0.2) is 47.5 Å². The maximum atomic E-state index is 9.06. The van der Waals surface area contributed by atoms with Crippen LogP contribution in [0, 0.1) is 0 Å². The van der Waals surface area contributed by atoms with Crippen LogP contribution < -0.4 is 0 Å². The van der Waals surface area contributed by atoms with Crippen molar-refractivity contribution in [1.82, 2.24) is 4.90 Å². The normalized spacial score (nSPS) is 13.8. The van der Waals surface area contributed by atoms with E-state index in [1.165, 1.54) is 0 Å². The zero-order valence-electron chi connectivity index (χ0n) is 8.16. The number of hydrogen-bond donors (Lipinski definition) is 2. The summed E-state index contributed by atoms with van der Waals surface area (Å²) in [6.45, 7) is 6.52. The van der Waals surface area contributed by atoms with Crippen LogP contribution in [0.5, 0.6) is 0 Å². The number of likely N-dealkylation sites (N-methyl/N-ethyl adjacent to an activating group) is 1. The number of hydrogen-bond acceptors (Lipinski definition) is 3. The molecule has 3 heteroatoms. The van der Waals surface area contributed by atoms with Gasteiger partial charge in [-0.3, -0.25) is 4.90 Å². The monoisotopic (exact) mass is 175 g/mol. The average Bonchev–Trinajstić information content (AvgIpc) is 2.12. The lowest BCUT2D eigenvalue weighted by molar-refractivity contribution is 0.119. The molecule has 0 aliphatic heterocycles. The van der Waals surface area contributed by atoms with E-state index in [0.29, 0.717) is 0 Å². The summed E-state index contributed by atoms with van der Waals surface area (Å²) >= 11 is 0. The fourth-order valence-corrected chi connectivity index (χ4v) is 1.46. The van der Waals surface area contributed by atoms with Gasteiger partial charge in [-0.1, -0.05) is 13.8 Å². The van der Waals surface area contributed by atoms with E-state index in [4.69, 9.17) is 10.2 Å². The third-order valence-corrected chi connectivity index (χ3v) is 2.23. The van der Waals surface area contributed by atoms with Crippen molar-refractivity contribution in [2.45, 2.75) is 32.7 Å². The Kier molecular flexibility index (Phi) is 7.45. The Morgan fingerprint density at radius 2 is 1.75 bits per heavy atom. The maximum absolute atomic E-state index is 9.06. The molecule has 1 unspecified atom stereocenters. The fourth-order valence-electron chi connectivity index (χ4n) is 1.46. The maximum Gasteiger partial charge on any atom is 0.0586 e. The molecule has 0 saturated carbocycles. The zero-order valence-corrected chi connectivity index (χ0v) is 8.16. The molecule has 0 amide bonds. The van der Waals surface area contributed by atoms with Gasteiger partial charge in [0.1, 0.15) is 0 Å². The van der Waals surface area contributed by atoms with Crippen molar-refractivity contribution in [3.05, 3.63) is 0 Å². The van der Waals surface area contributed by atoms with E-state index in [1.54, 1.807) is 0 Å². The van der Waals surface area contributed by atoms with Crippen molar-refractivity contribution in [3.8, 4) is 0 Å². The summed E-state index contributed by atoms with van der Waals surface area (Å²) in [5, 5.41) is 17.7. The van der Waals surface area contributed by atoms with E-state index in [-0.39, 0.29) is 19.3 Å². The first-order chi connectivity index (χ1) is 5.79. The minimum Gasteiger partial charge on any atom is -0.396 e. The number of rotatable bonds is 7. The van der Waals surface area contributed by atoms with Crippen LogP contribution in [0.3, 0.4) is 0 Å². The van der Waals surface area contributed by atoms with Crippen LogP contribution in [0.25, 0.3) is 0 Å². The van der Waals surface area contributed by atoms with Crippen molar-refractivity contribution in [3.63, 3.8) is 0 Å². The van der Waals surface area contributed by atoms with Crippen LogP contribution in [0.15, 0.2) is 0 Å². The molecule has 0 aliphatic carbocycles. The summed E-state index contributed by atoms with van der Waals surface area (Å²) in [6, 6.07) is 0.229. The predicted molar refractivity (Wildman–Crippen MR) is 50.1 cm³/mol. The summed E-state index contributed by atoms with van der Waals surface area (Å²) < 4.78 is 0. The van der Waals surface area contributed by atoms with Crippen molar-refractivity contribution in [2.24, 2.45) is 0 Å². The number of nitrogens with zero attached hydrogens (tertiary/aromatic N) is 1. The Bertz CT molecular complexity index is 94.5. The van der Waals surface area contributed by atoms with Crippen molar-refractivity contribution in [1.29, 1.82) is 0 Å². The highest BCUT2D eigenvalue weighted by Crippen LogP contribution is 2.05. The first kappa shape index (κ1) is 11.9. The first-order valence-electron chi connectivity index (χ1n) is 4.75. The Labute approximate surface area is 75.0 Å². The van der Waals surface area contributed by atoms with Gasteiger partial charge in [0, 0.05) is 12.6 Å². The SMILES string of the molecule is CCN(CC)C(CO)CCCO. The van der Waals surface area contributed by atoms with Crippen molar-refractivity contribution in [2.75, 3.05) is 26.3 Å². The second-order valence-corrected chi connectivity index (χ2v) is 2.92. The molecule has 12 heavy (non-hydrogen) atoms. The largest absolute Gasteiger partial charge is 0.396 e. The summed E-state index contributed by atoms with van der Waals surface area (Å²) in [4.78, 5) is 2.22. The van der Waals surface area contributed by atoms with Gasteiger partial charge in [-0.25, -0.2) is 0 Å². The molecule has 0 spiro atoms. The molecule has 74 valence electrons. The molecule has 2 N–H and O–H groups in total. The highest BCUT2D eigenvalue weighted by Gasteiger charge is 2.13. The number of aliphatic hydroxyl groups excluding tert-OH is 2. The molecule has 0 rings (SSSR count). The molecule has 0 fully saturated rings. The molecule has 3 nitrogen and oxygen atoms in total. The van der Waals surface area contributed by atoms with Crippen LogP contribution in [0.4, 0.5) is 0 Å². The van der Waals surface area contributed by atoms with Gasteiger partial charge < -0.3 is 10.2 Å². The fraction of sp³-hybridized carbons (Fsp3) is 1.00. The highest BCUT2D eigenvalue weighted by molar-refractivity contribution is 4.68. The molecule has 0 aromatic carbocycles. The summed E-state index contributed by atoms with van der Waals surface area (Å²) in [7, 11) is 0. The minimum atomic E-state index is 0.196. The molecule has 0 aromatic rings.